The number of anilines is 1. The van der Waals surface area contributed by atoms with Crippen LogP contribution < -0.4 is 10.2 Å². The largest absolute Gasteiger partial charge is 0.372 e. The van der Waals surface area contributed by atoms with Gasteiger partial charge >= 0.3 is 0 Å². The molecule has 0 saturated heterocycles. The summed E-state index contributed by atoms with van der Waals surface area (Å²) in [6, 6.07) is 6.46. The second-order valence-corrected chi connectivity index (χ2v) is 8.85. The van der Waals surface area contributed by atoms with E-state index in [9.17, 15) is 0 Å². The summed E-state index contributed by atoms with van der Waals surface area (Å²) >= 11 is 12.3. The molecule has 18 heavy (non-hydrogen) atoms. The Bertz CT molecular complexity index is 395. The molecular formula is C14H22Cl2NP. The summed E-state index contributed by atoms with van der Waals surface area (Å²) in [5, 5.41) is 1.06. The van der Waals surface area contributed by atoms with E-state index in [1.54, 1.807) is 0 Å². The van der Waals surface area contributed by atoms with E-state index in [0.29, 0.717) is 0 Å². The van der Waals surface area contributed by atoms with Gasteiger partial charge in [0.25, 0.3) is 0 Å². The minimum absolute atomic E-state index is 0.141. The molecule has 0 amide bonds. The van der Waals surface area contributed by atoms with Crippen LogP contribution in [0.25, 0.3) is 0 Å². The Morgan fingerprint density at radius 2 is 1.67 bits per heavy atom. The molecule has 0 unspecified atom stereocenters. The molecule has 0 N–H and O–H groups in total. The molecule has 0 aliphatic rings. The third-order valence-corrected chi connectivity index (χ3v) is 4.96. The minimum atomic E-state index is -1.11. The molecule has 0 heterocycles. The van der Waals surface area contributed by atoms with Gasteiger partial charge in [0.05, 0.1) is 0 Å². The van der Waals surface area contributed by atoms with Crippen molar-refractivity contribution in [3.05, 3.63) is 23.8 Å². The lowest BCUT2D eigenvalue weighted by Crippen LogP contribution is -2.27. The van der Waals surface area contributed by atoms with Gasteiger partial charge in [-0.3, -0.25) is 0 Å². The maximum Gasteiger partial charge on any atom is 0.119 e. The Morgan fingerprint density at radius 1 is 1.11 bits per heavy atom. The van der Waals surface area contributed by atoms with Gasteiger partial charge in [0.15, 0.2) is 0 Å². The Hall–Kier alpha value is 0.0300. The van der Waals surface area contributed by atoms with Crippen molar-refractivity contribution in [3.8, 4) is 0 Å². The SMILES string of the molecule is CCN(CC)c1cc(C(C)(C)C)ccc1P(Cl)Cl. The molecule has 0 fully saturated rings. The summed E-state index contributed by atoms with van der Waals surface area (Å²) in [5.74, 6) is 0. The number of rotatable bonds is 4. The Morgan fingerprint density at radius 3 is 2.06 bits per heavy atom. The van der Waals surface area contributed by atoms with E-state index in [-0.39, 0.29) is 5.41 Å². The lowest BCUT2D eigenvalue weighted by atomic mass is 9.87. The second kappa shape index (κ2) is 6.46. The number of hydrogen-bond donors (Lipinski definition) is 0. The average molecular weight is 306 g/mol. The van der Waals surface area contributed by atoms with Crippen LogP contribution in [0.5, 0.6) is 0 Å². The standard InChI is InChI=1S/C14H22Cl2NP/c1-6-17(7-2)12-10-11(14(3,4)5)8-9-13(12)18(15)16/h8-10H,6-7H2,1-5H3. The topological polar surface area (TPSA) is 3.24 Å². The lowest BCUT2D eigenvalue weighted by molar-refractivity contribution is 0.590. The fourth-order valence-corrected chi connectivity index (χ4v) is 3.37. The van der Waals surface area contributed by atoms with Crippen molar-refractivity contribution in [2.75, 3.05) is 18.0 Å². The van der Waals surface area contributed by atoms with Gasteiger partial charge in [-0.25, -0.2) is 0 Å². The van der Waals surface area contributed by atoms with Crippen LogP contribution in [-0.4, -0.2) is 13.1 Å². The lowest BCUT2D eigenvalue weighted by Gasteiger charge is -2.28. The van der Waals surface area contributed by atoms with Gasteiger partial charge in [-0.2, -0.15) is 0 Å². The number of nitrogens with zero attached hydrogens (tertiary/aromatic N) is 1. The molecule has 1 nitrogen and oxygen atoms in total. The van der Waals surface area contributed by atoms with Crippen LogP contribution in [0.1, 0.15) is 40.2 Å². The van der Waals surface area contributed by atoms with Crippen molar-refractivity contribution >= 4 is 40.1 Å². The monoisotopic (exact) mass is 305 g/mol. The van der Waals surface area contributed by atoms with Crippen LogP contribution in [0.3, 0.4) is 0 Å². The molecule has 0 radical (unpaired) electrons. The first-order valence-electron chi connectivity index (χ1n) is 6.32. The highest BCUT2D eigenvalue weighted by Crippen LogP contribution is 2.48. The predicted octanol–water partition coefficient (Wildman–Crippen LogP) is 5.25. The fourth-order valence-electron chi connectivity index (χ4n) is 1.95. The number of benzene rings is 1. The quantitative estimate of drug-likeness (QED) is 0.687. The molecule has 1 aromatic rings. The molecule has 0 aromatic heterocycles. The second-order valence-electron chi connectivity index (χ2n) is 5.36. The van der Waals surface area contributed by atoms with E-state index in [1.807, 2.05) is 0 Å². The highest BCUT2D eigenvalue weighted by atomic mass is 35.9. The predicted molar refractivity (Wildman–Crippen MR) is 87.0 cm³/mol. The first-order chi connectivity index (χ1) is 8.31. The Kier molecular flexibility index (Phi) is 5.77. The van der Waals surface area contributed by atoms with Gasteiger partial charge in [0, 0.05) is 24.1 Å². The minimum Gasteiger partial charge on any atom is -0.372 e. The van der Waals surface area contributed by atoms with E-state index in [2.05, 4.69) is 57.7 Å². The van der Waals surface area contributed by atoms with Crippen molar-refractivity contribution in [2.24, 2.45) is 0 Å². The van der Waals surface area contributed by atoms with Gasteiger partial charge in [0.2, 0.25) is 0 Å². The van der Waals surface area contributed by atoms with Crippen LogP contribution in [-0.2, 0) is 5.41 Å². The van der Waals surface area contributed by atoms with Crippen LogP contribution in [0.15, 0.2) is 18.2 Å². The van der Waals surface area contributed by atoms with Crippen molar-refractivity contribution in [1.29, 1.82) is 0 Å². The van der Waals surface area contributed by atoms with E-state index >= 15 is 0 Å². The van der Waals surface area contributed by atoms with Gasteiger partial charge in [-0.15, -0.1) is 0 Å². The molecule has 0 saturated carbocycles. The Balaban J connectivity index is 3.32. The molecule has 0 atom stereocenters. The molecule has 102 valence electrons. The summed E-state index contributed by atoms with van der Waals surface area (Å²) in [6.07, 6.45) is 0. The maximum atomic E-state index is 6.14. The van der Waals surface area contributed by atoms with Crippen molar-refractivity contribution in [2.45, 2.75) is 40.0 Å². The molecular weight excluding hydrogens is 284 g/mol. The van der Waals surface area contributed by atoms with Crippen LogP contribution in [0, 0.1) is 0 Å². The fraction of sp³-hybridized carbons (Fsp3) is 0.571. The van der Waals surface area contributed by atoms with E-state index in [4.69, 9.17) is 22.5 Å². The first-order valence-corrected chi connectivity index (χ1v) is 9.47. The smallest absolute Gasteiger partial charge is 0.119 e. The first kappa shape index (κ1) is 16.1. The molecule has 1 rings (SSSR count). The zero-order valence-electron chi connectivity index (χ0n) is 11.8. The molecule has 0 aliphatic heterocycles. The third kappa shape index (κ3) is 3.76. The average Bonchev–Trinajstić information content (AvgIpc) is 2.29. The van der Waals surface area contributed by atoms with Crippen LogP contribution in [0.2, 0.25) is 0 Å². The Labute approximate surface area is 122 Å². The molecule has 0 bridgehead atoms. The van der Waals surface area contributed by atoms with Crippen LogP contribution >= 0.6 is 29.1 Å². The third-order valence-electron chi connectivity index (χ3n) is 3.13. The van der Waals surface area contributed by atoms with E-state index < -0.39 is 6.63 Å². The summed E-state index contributed by atoms with van der Waals surface area (Å²) in [4.78, 5) is 2.31. The number of hydrogen-bond acceptors (Lipinski definition) is 1. The van der Waals surface area contributed by atoms with Gasteiger partial charge in [-0.05, 0) is 37.0 Å². The van der Waals surface area contributed by atoms with Gasteiger partial charge in [-0.1, -0.05) is 49.3 Å². The zero-order valence-corrected chi connectivity index (χ0v) is 14.2. The zero-order chi connectivity index (χ0) is 13.9. The molecule has 0 spiro atoms. The maximum absolute atomic E-state index is 6.14. The summed E-state index contributed by atoms with van der Waals surface area (Å²) in [7, 11) is 0. The van der Waals surface area contributed by atoms with E-state index in [1.165, 1.54) is 11.3 Å². The van der Waals surface area contributed by atoms with Gasteiger partial charge < -0.3 is 4.90 Å². The van der Waals surface area contributed by atoms with Gasteiger partial charge in [0.1, 0.15) is 6.63 Å². The summed E-state index contributed by atoms with van der Waals surface area (Å²) < 4.78 is 0. The van der Waals surface area contributed by atoms with Crippen molar-refractivity contribution in [3.63, 3.8) is 0 Å². The normalized spacial score (nSPS) is 12.0. The van der Waals surface area contributed by atoms with E-state index in [0.717, 1.165) is 18.4 Å². The van der Waals surface area contributed by atoms with Crippen molar-refractivity contribution < 1.29 is 0 Å². The molecule has 1 aromatic carbocycles. The highest BCUT2D eigenvalue weighted by molar-refractivity contribution is 8.09. The molecule has 4 heteroatoms. The number of halogens is 2. The summed E-state index contributed by atoms with van der Waals surface area (Å²) in [5.41, 5.74) is 2.64. The van der Waals surface area contributed by atoms with Crippen LogP contribution in [0.4, 0.5) is 5.69 Å². The summed E-state index contributed by atoms with van der Waals surface area (Å²) in [6.45, 7) is 11.8. The van der Waals surface area contributed by atoms with Crippen molar-refractivity contribution in [1.82, 2.24) is 0 Å². The molecule has 0 aliphatic carbocycles. The highest BCUT2D eigenvalue weighted by Gasteiger charge is 2.19.